The lowest BCUT2D eigenvalue weighted by molar-refractivity contribution is -0.344. The van der Waals surface area contributed by atoms with Gasteiger partial charge >= 0.3 is 0 Å². The minimum atomic E-state index is -1.88. The molecule has 3 aromatic rings. The lowest BCUT2D eigenvalue weighted by Gasteiger charge is -2.44. The first-order valence-corrected chi connectivity index (χ1v) is 12.6. The van der Waals surface area contributed by atoms with E-state index in [-0.39, 0.29) is 11.3 Å². The van der Waals surface area contributed by atoms with E-state index >= 15 is 0 Å². The van der Waals surface area contributed by atoms with Crippen molar-refractivity contribution in [3.63, 3.8) is 0 Å². The number of phenols is 4. The molecule has 0 amide bonds. The van der Waals surface area contributed by atoms with E-state index in [9.17, 15) is 55.9 Å². The second-order valence-corrected chi connectivity index (χ2v) is 9.80. The summed E-state index contributed by atoms with van der Waals surface area (Å²) in [4.78, 5) is 13.0. The normalized spacial score (nSPS) is 31.7. The maximum Gasteiger partial charge on any atom is 0.230 e. The number of benzene rings is 2. The Labute approximate surface area is 235 Å². The third kappa shape index (κ3) is 5.31. The molecule has 0 unspecified atom stereocenters. The molecule has 3 heterocycles. The second-order valence-electron chi connectivity index (χ2n) is 9.80. The smallest absolute Gasteiger partial charge is 0.230 e. The number of phenolic OH excluding ortho intramolecular Hbond substituents is 4. The highest BCUT2D eigenvalue weighted by Gasteiger charge is 2.50. The maximum absolute atomic E-state index is 13.0. The zero-order chi connectivity index (χ0) is 30.5. The summed E-state index contributed by atoms with van der Waals surface area (Å²) in [5.74, 6) is -3.28. The molecule has 0 radical (unpaired) electrons. The second kappa shape index (κ2) is 11.5. The van der Waals surface area contributed by atoms with Gasteiger partial charge in [0.25, 0.3) is 0 Å². The van der Waals surface area contributed by atoms with Crippen LogP contribution >= 0.6 is 0 Å². The molecule has 2 fully saturated rings. The van der Waals surface area contributed by atoms with Crippen molar-refractivity contribution < 1.29 is 74.4 Å². The predicted octanol–water partition coefficient (Wildman–Crippen LogP) is -2.08. The molecular weight excluding hydrogens is 568 g/mol. The molecule has 9 atom stereocenters. The molecule has 2 saturated heterocycles. The molecule has 228 valence electrons. The Bertz CT molecular complexity index is 1510. The quantitative estimate of drug-likeness (QED) is 0.137. The van der Waals surface area contributed by atoms with Crippen molar-refractivity contribution in [2.24, 2.45) is 0 Å². The van der Waals surface area contributed by atoms with Gasteiger partial charge in [-0.2, -0.15) is 0 Å². The minimum Gasteiger partial charge on any atom is -0.507 e. The van der Waals surface area contributed by atoms with Crippen LogP contribution < -0.4 is 10.2 Å². The number of hydrogen-bond donors (Lipinski definition) is 10. The van der Waals surface area contributed by atoms with Crippen LogP contribution in [0.4, 0.5) is 0 Å². The van der Waals surface area contributed by atoms with Crippen molar-refractivity contribution in [1.82, 2.24) is 0 Å². The van der Waals surface area contributed by atoms with E-state index in [1.54, 1.807) is 0 Å². The van der Waals surface area contributed by atoms with Crippen LogP contribution in [0.25, 0.3) is 22.3 Å². The number of hydrogen-bond acceptors (Lipinski definition) is 16. The Morgan fingerprint density at radius 1 is 0.810 bits per heavy atom. The topological polar surface area (TPSA) is 269 Å². The largest absolute Gasteiger partial charge is 0.507 e. The molecule has 0 spiro atoms. The van der Waals surface area contributed by atoms with Gasteiger partial charge in [0.15, 0.2) is 40.7 Å². The van der Waals surface area contributed by atoms with Crippen LogP contribution in [0.1, 0.15) is 0 Å². The van der Waals surface area contributed by atoms with Gasteiger partial charge in [-0.1, -0.05) is 0 Å². The molecule has 2 aliphatic rings. The Hall–Kier alpha value is -3.71. The first kappa shape index (κ1) is 29.8. The zero-order valence-electron chi connectivity index (χ0n) is 21.4. The van der Waals surface area contributed by atoms with Crippen molar-refractivity contribution >= 4 is 11.0 Å². The molecule has 0 saturated carbocycles. The molecule has 0 aliphatic carbocycles. The molecule has 1 aromatic heterocycles. The van der Waals surface area contributed by atoms with Crippen molar-refractivity contribution in [1.29, 1.82) is 0 Å². The number of aliphatic hydroxyl groups is 6. The Morgan fingerprint density at radius 2 is 1.55 bits per heavy atom. The third-order valence-corrected chi connectivity index (χ3v) is 6.98. The van der Waals surface area contributed by atoms with Crippen LogP contribution in [0.5, 0.6) is 28.7 Å². The van der Waals surface area contributed by atoms with Gasteiger partial charge in [-0.25, -0.2) is 0 Å². The van der Waals surface area contributed by atoms with Crippen molar-refractivity contribution in [2.75, 3.05) is 13.2 Å². The van der Waals surface area contributed by atoms with Gasteiger partial charge in [0.05, 0.1) is 13.2 Å². The monoisotopic (exact) mass is 596 g/mol. The summed E-state index contributed by atoms with van der Waals surface area (Å²) in [6.45, 7) is -1.28. The number of ether oxygens (including phenoxy) is 4. The van der Waals surface area contributed by atoms with Crippen LogP contribution in [-0.4, -0.2) is 120 Å². The fraction of sp³-hybridized carbons (Fsp3) is 0.423. The molecule has 0 bridgehead atoms. The van der Waals surface area contributed by atoms with Crippen molar-refractivity contribution in [3.8, 4) is 40.1 Å². The van der Waals surface area contributed by atoms with Crippen LogP contribution in [0.3, 0.4) is 0 Å². The SMILES string of the molecule is O=c1cc(-c2ccc(O)c(O)c2)oc2c(O[C@@H]3O[C@H](CO)[C@@H](O)[C@H](O)[C@H]3O[C@H]3OC[C@H](O)[C@H](O)[C@H]3O)c(O)cc(O)c12. The highest BCUT2D eigenvalue weighted by molar-refractivity contribution is 5.91. The minimum absolute atomic E-state index is 0.108. The van der Waals surface area contributed by atoms with Gasteiger partial charge in [-0.05, 0) is 18.2 Å². The first-order valence-electron chi connectivity index (χ1n) is 12.6. The van der Waals surface area contributed by atoms with E-state index in [2.05, 4.69) is 0 Å². The van der Waals surface area contributed by atoms with E-state index in [0.29, 0.717) is 0 Å². The van der Waals surface area contributed by atoms with Gasteiger partial charge in [0.1, 0.15) is 53.5 Å². The molecule has 2 aliphatic heterocycles. The Morgan fingerprint density at radius 3 is 2.24 bits per heavy atom. The first-order chi connectivity index (χ1) is 19.9. The highest BCUT2D eigenvalue weighted by Crippen LogP contribution is 2.43. The van der Waals surface area contributed by atoms with E-state index in [1.807, 2.05) is 0 Å². The Balaban J connectivity index is 1.57. The maximum atomic E-state index is 13.0. The van der Waals surface area contributed by atoms with Crippen LogP contribution in [-0.2, 0) is 14.2 Å². The van der Waals surface area contributed by atoms with Crippen LogP contribution in [0.15, 0.2) is 39.5 Å². The number of rotatable bonds is 6. The van der Waals surface area contributed by atoms with E-state index in [1.165, 1.54) is 6.07 Å². The van der Waals surface area contributed by atoms with E-state index in [0.717, 1.165) is 24.3 Å². The predicted molar refractivity (Wildman–Crippen MR) is 136 cm³/mol. The molecule has 2 aromatic carbocycles. The summed E-state index contributed by atoms with van der Waals surface area (Å²) < 4.78 is 27.9. The lowest BCUT2D eigenvalue weighted by Crippen LogP contribution is -2.63. The standard InChI is InChI=1S/C26H28O16/c27-6-16-19(35)20(36)24(42-25-21(37)18(34)14(33)7-38-25)26(40-16)41-22-13(32)4-11(30)17-12(31)5-15(39-23(17)22)8-1-2-9(28)10(29)3-8/h1-5,14,16,18-21,24-30,32-37H,6-7H2/t14-,16+,18-,19+,20-,21+,24+,25+,26-/m0/s1. The van der Waals surface area contributed by atoms with Gasteiger partial charge in [-0.3, -0.25) is 4.79 Å². The zero-order valence-corrected chi connectivity index (χ0v) is 21.4. The Kier molecular flexibility index (Phi) is 8.17. The summed E-state index contributed by atoms with van der Waals surface area (Å²) in [5, 5.41) is 101. The number of fused-ring (bicyclic) bond motifs is 1. The van der Waals surface area contributed by atoms with E-state index in [4.69, 9.17) is 23.4 Å². The molecular formula is C26H28O16. The fourth-order valence-electron chi connectivity index (χ4n) is 4.68. The van der Waals surface area contributed by atoms with Gasteiger partial charge < -0.3 is 74.4 Å². The van der Waals surface area contributed by atoms with Gasteiger partial charge in [0, 0.05) is 17.7 Å². The summed E-state index contributed by atoms with van der Waals surface area (Å²) in [6, 6.07) is 5.26. The molecule has 42 heavy (non-hydrogen) atoms. The highest BCUT2D eigenvalue weighted by atomic mass is 16.8. The average Bonchev–Trinajstić information content (AvgIpc) is 2.95. The summed E-state index contributed by atoms with van der Waals surface area (Å²) in [5.41, 5.74) is -1.23. The number of aromatic hydroxyl groups is 4. The third-order valence-electron chi connectivity index (χ3n) is 6.98. The average molecular weight is 596 g/mol. The number of aliphatic hydroxyl groups excluding tert-OH is 6. The summed E-state index contributed by atoms with van der Waals surface area (Å²) in [6.07, 6.45) is -15.3. The summed E-state index contributed by atoms with van der Waals surface area (Å²) in [7, 11) is 0. The molecule has 16 heteroatoms. The van der Waals surface area contributed by atoms with Crippen molar-refractivity contribution in [2.45, 2.75) is 55.3 Å². The van der Waals surface area contributed by atoms with Crippen LogP contribution in [0.2, 0.25) is 0 Å². The lowest BCUT2D eigenvalue weighted by atomic mass is 9.98. The van der Waals surface area contributed by atoms with Gasteiger partial charge in [0.2, 0.25) is 12.0 Å². The van der Waals surface area contributed by atoms with Crippen LogP contribution in [0, 0.1) is 0 Å². The van der Waals surface area contributed by atoms with Crippen molar-refractivity contribution in [3.05, 3.63) is 40.6 Å². The molecule has 16 nitrogen and oxygen atoms in total. The molecule has 10 N–H and O–H groups in total. The van der Waals surface area contributed by atoms with Gasteiger partial charge in [-0.15, -0.1) is 0 Å². The summed E-state index contributed by atoms with van der Waals surface area (Å²) >= 11 is 0. The fourth-order valence-corrected chi connectivity index (χ4v) is 4.68. The van der Waals surface area contributed by atoms with E-state index < -0.39 is 114 Å². The molecule has 5 rings (SSSR count).